The minimum Gasteiger partial charge on any atom is -0.364 e. The Morgan fingerprint density at radius 2 is 1.82 bits per heavy atom. The minimum absolute atomic E-state index is 0.0748. The van der Waals surface area contributed by atoms with Crippen molar-refractivity contribution in [1.29, 1.82) is 0 Å². The van der Waals surface area contributed by atoms with Crippen molar-refractivity contribution in [2.75, 3.05) is 0 Å². The molecular formula is C27H30F3N7O3. The van der Waals surface area contributed by atoms with Crippen LogP contribution in [0.4, 0.5) is 13.2 Å². The molecule has 3 aromatic heterocycles. The van der Waals surface area contributed by atoms with E-state index in [0.29, 0.717) is 42.9 Å². The third kappa shape index (κ3) is 4.43. The number of imidazole rings is 1. The zero-order valence-corrected chi connectivity index (χ0v) is 21.8. The predicted molar refractivity (Wildman–Crippen MR) is 133 cm³/mol. The molecule has 8 rings (SSSR count). The third-order valence-electron chi connectivity index (χ3n) is 9.33. The fourth-order valence-corrected chi connectivity index (χ4v) is 7.32. The zero-order chi connectivity index (χ0) is 27.9. The first-order chi connectivity index (χ1) is 19.0. The smallest absolute Gasteiger partial charge is 0.272 e. The molecule has 13 heteroatoms. The number of primary amides is 1. The largest absolute Gasteiger partial charge is 0.364 e. The van der Waals surface area contributed by atoms with Crippen molar-refractivity contribution in [3.63, 3.8) is 0 Å². The van der Waals surface area contributed by atoms with E-state index in [-0.39, 0.29) is 60.4 Å². The molecule has 0 aromatic carbocycles. The van der Waals surface area contributed by atoms with Gasteiger partial charge in [0.2, 0.25) is 11.8 Å². The number of hydrogen-bond acceptors (Lipinski definition) is 7. The molecule has 5 aliphatic carbocycles. The van der Waals surface area contributed by atoms with Gasteiger partial charge in [-0.25, -0.2) is 27.3 Å². The Morgan fingerprint density at radius 1 is 1.10 bits per heavy atom. The topological polar surface area (TPSA) is 141 Å². The molecule has 5 saturated carbocycles. The summed E-state index contributed by atoms with van der Waals surface area (Å²) in [7, 11) is 0. The molecule has 0 saturated heterocycles. The molecule has 3 heterocycles. The Morgan fingerprint density at radius 3 is 2.48 bits per heavy atom. The molecule has 0 spiro atoms. The lowest BCUT2D eigenvalue weighted by Crippen LogP contribution is -2.65. The second-order valence-corrected chi connectivity index (χ2v) is 12.5. The molecule has 2 bridgehead atoms. The number of nitrogens with zero attached hydrogens (tertiary/aromatic N) is 5. The van der Waals surface area contributed by atoms with Gasteiger partial charge in [-0.2, -0.15) is 5.10 Å². The summed E-state index contributed by atoms with van der Waals surface area (Å²) in [6.07, 6.45) is 6.97. The molecule has 0 unspecified atom stereocenters. The molecule has 2 amide bonds. The summed E-state index contributed by atoms with van der Waals surface area (Å²) in [5.74, 6) is -4.27. The number of rotatable bonds is 9. The van der Waals surface area contributed by atoms with Gasteiger partial charge in [-0.15, -0.1) is 0 Å². The van der Waals surface area contributed by atoms with Crippen LogP contribution in [-0.2, 0) is 4.79 Å². The lowest BCUT2D eigenvalue weighted by molar-refractivity contribution is -0.215. The average molecular weight is 558 g/mol. The monoisotopic (exact) mass is 557 g/mol. The molecule has 0 aliphatic heterocycles. The predicted octanol–water partition coefficient (Wildman–Crippen LogP) is 4.02. The lowest BCUT2D eigenvalue weighted by atomic mass is 9.41. The number of halogens is 3. The van der Waals surface area contributed by atoms with E-state index in [9.17, 15) is 22.8 Å². The number of nitrogens with two attached hydrogens (primary N) is 1. The fourth-order valence-electron chi connectivity index (χ4n) is 7.32. The van der Waals surface area contributed by atoms with E-state index in [0.717, 1.165) is 18.4 Å². The fraction of sp³-hybridized carbons (Fsp3) is 0.630. The maximum Gasteiger partial charge on any atom is 0.272 e. The van der Waals surface area contributed by atoms with Gasteiger partial charge in [-0.1, -0.05) is 5.16 Å². The Kier molecular flexibility index (Phi) is 5.56. The Bertz CT molecular complexity index is 1470. The van der Waals surface area contributed by atoms with E-state index in [1.165, 1.54) is 0 Å². The van der Waals surface area contributed by atoms with Gasteiger partial charge in [0.25, 0.3) is 5.91 Å². The molecule has 5 fully saturated rings. The summed E-state index contributed by atoms with van der Waals surface area (Å²) in [6, 6.07) is 1.63. The van der Waals surface area contributed by atoms with Crippen LogP contribution < -0.4 is 11.1 Å². The normalized spacial score (nSPS) is 28.9. The van der Waals surface area contributed by atoms with E-state index in [1.807, 2.05) is 6.07 Å². The molecule has 5 aliphatic rings. The van der Waals surface area contributed by atoms with Crippen molar-refractivity contribution in [3.05, 3.63) is 41.1 Å². The number of nitrogens with one attached hydrogen (secondary N) is 1. The Balaban J connectivity index is 1.17. The Labute approximate surface area is 227 Å². The maximum atomic E-state index is 14.0. The summed E-state index contributed by atoms with van der Waals surface area (Å²) < 4.78 is 48.3. The first-order valence-corrected chi connectivity index (χ1v) is 13.9. The maximum absolute atomic E-state index is 14.0. The lowest BCUT2D eigenvalue weighted by Gasteiger charge is -2.65. The third-order valence-corrected chi connectivity index (χ3v) is 9.33. The number of alkyl halides is 3. The van der Waals surface area contributed by atoms with Crippen LogP contribution in [0.5, 0.6) is 0 Å². The number of aromatic nitrogens is 5. The molecule has 212 valence electrons. The highest BCUT2D eigenvalue weighted by molar-refractivity contribution is 5.91. The molecule has 10 nitrogen and oxygen atoms in total. The van der Waals surface area contributed by atoms with Crippen molar-refractivity contribution in [3.8, 4) is 0 Å². The first kappa shape index (κ1) is 25.5. The molecule has 40 heavy (non-hydrogen) atoms. The van der Waals surface area contributed by atoms with Crippen LogP contribution in [0.25, 0.3) is 5.65 Å². The summed E-state index contributed by atoms with van der Waals surface area (Å²) >= 11 is 0. The van der Waals surface area contributed by atoms with Crippen LogP contribution in [0.3, 0.4) is 0 Å². The van der Waals surface area contributed by atoms with E-state index >= 15 is 0 Å². The Hall–Kier alpha value is -3.51. The van der Waals surface area contributed by atoms with Gasteiger partial charge < -0.3 is 11.1 Å². The van der Waals surface area contributed by atoms with Crippen LogP contribution in [0, 0.1) is 17.3 Å². The van der Waals surface area contributed by atoms with Gasteiger partial charge in [-0.05, 0) is 79.0 Å². The number of carbonyl (C=O) groups is 2. The van der Waals surface area contributed by atoms with Gasteiger partial charge in [-0.3, -0.25) is 9.59 Å². The van der Waals surface area contributed by atoms with Crippen molar-refractivity contribution < 1.29 is 27.4 Å². The first-order valence-electron chi connectivity index (χ1n) is 13.9. The quantitative estimate of drug-likeness (QED) is 0.405. The highest BCUT2D eigenvalue weighted by Crippen LogP contribution is 2.71. The average Bonchev–Trinajstić information content (AvgIpc) is 3.43. The van der Waals surface area contributed by atoms with Gasteiger partial charge in [0.05, 0.1) is 30.0 Å². The molecule has 2 atom stereocenters. The van der Waals surface area contributed by atoms with Crippen molar-refractivity contribution in [2.45, 2.75) is 87.8 Å². The van der Waals surface area contributed by atoms with Crippen molar-refractivity contribution in [1.82, 2.24) is 30.2 Å². The van der Waals surface area contributed by atoms with Crippen LogP contribution >= 0.6 is 0 Å². The number of amides is 2. The second-order valence-electron chi connectivity index (χ2n) is 12.5. The van der Waals surface area contributed by atoms with E-state index in [2.05, 4.69) is 20.7 Å². The standard InChI is InChI=1S/C27H30F3N7O3/c28-26-11-25(12-26,13-26)8-19(38)34-21(15-1-2-15)16-7-18-33-17(10-37(18)32-9-16)20(14-3-5-27(29,30)6-4-14)22-23(24(31)39)36-40-35-22/h7,9-10,14-15,20-21H,1-6,8,11-13H2,(H2,31,39)(H,34,38)/t20-,21+,25?,26?/m0/s1. The number of fused-ring (bicyclic) bond motifs is 1. The molecule has 3 N–H and O–H groups in total. The number of hydrogen-bond donors (Lipinski definition) is 2. The number of carbonyl (C=O) groups excluding carboxylic acids is 2. The summed E-state index contributed by atoms with van der Waals surface area (Å²) in [5.41, 5.74) is 6.13. The molecular weight excluding hydrogens is 527 g/mol. The van der Waals surface area contributed by atoms with Gasteiger partial charge in [0.15, 0.2) is 11.3 Å². The zero-order valence-electron chi connectivity index (χ0n) is 21.8. The van der Waals surface area contributed by atoms with Crippen molar-refractivity contribution >= 4 is 17.5 Å². The summed E-state index contributed by atoms with van der Waals surface area (Å²) in [6.45, 7) is 0. The molecule has 0 radical (unpaired) electrons. The van der Waals surface area contributed by atoms with Gasteiger partial charge in [0, 0.05) is 19.3 Å². The van der Waals surface area contributed by atoms with Crippen LogP contribution in [-0.4, -0.2) is 48.3 Å². The van der Waals surface area contributed by atoms with Crippen LogP contribution in [0.15, 0.2) is 23.1 Å². The van der Waals surface area contributed by atoms with E-state index in [1.54, 1.807) is 16.9 Å². The van der Waals surface area contributed by atoms with Gasteiger partial charge in [0.1, 0.15) is 11.4 Å². The summed E-state index contributed by atoms with van der Waals surface area (Å²) in [4.78, 5) is 29.7. The van der Waals surface area contributed by atoms with E-state index in [4.69, 9.17) is 15.3 Å². The van der Waals surface area contributed by atoms with Gasteiger partial charge >= 0.3 is 0 Å². The van der Waals surface area contributed by atoms with Crippen molar-refractivity contribution in [2.24, 2.45) is 23.0 Å². The minimum atomic E-state index is -2.74. The van der Waals surface area contributed by atoms with Crippen LogP contribution in [0.1, 0.15) is 104 Å². The highest BCUT2D eigenvalue weighted by atomic mass is 19.3. The SMILES string of the molecule is NC(=O)c1nonc1[C@H](c1cn2ncc([C@H](NC(=O)CC34CC(F)(C3)C4)C3CC3)cc2n1)C1CCC(F)(F)CC1. The van der Waals surface area contributed by atoms with E-state index < -0.39 is 23.4 Å². The second kappa shape index (κ2) is 8.74. The van der Waals surface area contributed by atoms with Crippen LogP contribution in [0.2, 0.25) is 0 Å². The summed E-state index contributed by atoms with van der Waals surface area (Å²) in [5, 5.41) is 15.3. The highest BCUT2D eigenvalue weighted by Gasteiger charge is 2.69. The molecule has 3 aromatic rings.